The predicted octanol–water partition coefficient (Wildman–Crippen LogP) is 6.16. The standard InChI is InChI=1S/C28H35FN2O/c1-22-14-18-31(19-15-22)17-5-4-16-30-20-27-26-7-3-2-6-24(26)10-13-28(27)32-21-23-8-11-25(29)12-9-23/h2-3,6-13,22,30H,4-5,14-21H2,1H3. The molecule has 4 rings (SSSR count). The average molecular weight is 435 g/mol. The van der Waals surface area contributed by atoms with Crippen molar-refractivity contribution in [2.24, 2.45) is 5.92 Å². The Labute approximate surface area is 191 Å². The van der Waals surface area contributed by atoms with Crippen LogP contribution in [0.4, 0.5) is 4.39 Å². The maximum atomic E-state index is 13.2. The molecule has 32 heavy (non-hydrogen) atoms. The lowest BCUT2D eigenvalue weighted by Crippen LogP contribution is -2.33. The third kappa shape index (κ3) is 6.30. The van der Waals surface area contributed by atoms with Crippen molar-refractivity contribution < 1.29 is 9.13 Å². The summed E-state index contributed by atoms with van der Waals surface area (Å²) in [6.07, 6.45) is 5.12. The molecule has 0 amide bonds. The van der Waals surface area contributed by atoms with Gasteiger partial charge in [-0.3, -0.25) is 0 Å². The Balaban J connectivity index is 1.31. The Kier molecular flexibility index (Phi) is 8.13. The molecular weight excluding hydrogens is 399 g/mol. The number of nitrogens with one attached hydrogen (secondary N) is 1. The Morgan fingerprint density at radius 2 is 1.75 bits per heavy atom. The van der Waals surface area contributed by atoms with Crippen molar-refractivity contribution in [3.63, 3.8) is 0 Å². The van der Waals surface area contributed by atoms with Crippen LogP contribution in [0, 0.1) is 11.7 Å². The van der Waals surface area contributed by atoms with Crippen molar-refractivity contribution in [1.82, 2.24) is 10.2 Å². The van der Waals surface area contributed by atoms with E-state index in [9.17, 15) is 4.39 Å². The van der Waals surface area contributed by atoms with Crippen LogP contribution in [0.5, 0.6) is 5.75 Å². The Hall–Kier alpha value is -2.43. The first kappa shape index (κ1) is 22.8. The smallest absolute Gasteiger partial charge is 0.124 e. The summed E-state index contributed by atoms with van der Waals surface area (Å²) in [6, 6.07) is 19.1. The molecule has 1 heterocycles. The van der Waals surface area contributed by atoms with E-state index in [0.717, 1.165) is 30.3 Å². The van der Waals surface area contributed by atoms with Crippen LogP contribution in [0.15, 0.2) is 60.7 Å². The van der Waals surface area contributed by atoms with Crippen LogP contribution in [0.3, 0.4) is 0 Å². The van der Waals surface area contributed by atoms with Gasteiger partial charge in [0.15, 0.2) is 0 Å². The van der Waals surface area contributed by atoms with Crippen molar-refractivity contribution in [2.45, 2.75) is 45.8 Å². The number of unbranched alkanes of at least 4 members (excludes halogenated alkanes) is 1. The summed E-state index contributed by atoms with van der Waals surface area (Å²) < 4.78 is 19.4. The van der Waals surface area contributed by atoms with Gasteiger partial charge in [0.1, 0.15) is 18.2 Å². The lowest BCUT2D eigenvalue weighted by molar-refractivity contribution is 0.189. The number of halogens is 1. The number of hydrogen-bond acceptors (Lipinski definition) is 3. The monoisotopic (exact) mass is 434 g/mol. The number of nitrogens with zero attached hydrogens (tertiary/aromatic N) is 1. The molecule has 0 atom stereocenters. The highest BCUT2D eigenvalue weighted by Gasteiger charge is 2.14. The van der Waals surface area contributed by atoms with Gasteiger partial charge in [-0.15, -0.1) is 0 Å². The van der Waals surface area contributed by atoms with E-state index in [0.29, 0.717) is 6.61 Å². The van der Waals surface area contributed by atoms with E-state index in [1.807, 2.05) is 0 Å². The van der Waals surface area contributed by atoms with Crippen LogP contribution < -0.4 is 10.1 Å². The number of hydrogen-bond donors (Lipinski definition) is 1. The van der Waals surface area contributed by atoms with Gasteiger partial charge in [-0.25, -0.2) is 4.39 Å². The summed E-state index contributed by atoms with van der Waals surface area (Å²) in [5, 5.41) is 6.08. The number of rotatable bonds is 10. The fraction of sp³-hybridized carbons (Fsp3) is 0.429. The van der Waals surface area contributed by atoms with Crippen LogP contribution in [-0.4, -0.2) is 31.1 Å². The number of likely N-dealkylation sites (tertiary alicyclic amines) is 1. The van der Waals surface area contributed by atoms with Crippen molar-refractivity contribution in [1.29, 1.82) is 0 Å². The zero-order chi connectivity index (χ0) is 22.2. The Morgan fingerprint density at radius 3 is 2.56 bits per heavy atom. The molecule has 0 aliphatic carbocycles. The molecule has 1 aliphatic heterocycles. The fourth-order valence-electron chi connectivity index (χ4n) is 4.46. The van der Waals surface area contributed by atoms with Gasteiger partial charge < -0.3 is 15.0 Å². The van der Waals surface area contributed by atoms with Crippen molar-refractivity contribution in [3.05, 3.63) is 77.6 Å². The van der Waals surface area contributed by atoms with Crippen LogP contribution in [0.1, 0.15) is 43.7 Å². The second-order valence-electron chi connectivity index (χ2n) is 9.09. The minimum absolute atomic E-state index is 0.223. The van der Waals surface area contributed by atoms with Crippen molar-refractivity contribution in [3.8, 4) is 5.75 Å². The van der Waals surface area contributed by atoms with Crippen LogP contribution >= 0.6 is 0 Å². The zero-order valence-electron chi connectivity index (χ0n) is 19.2. The van der Waals surface area contributed by atoms with Crippen LogP contribution in [0.25, 0.3) is 10.8 Å². The number of ether oxygens (including phenoxy) is 1. The molecule has 1 saturated heterocycles. The first-order valence-corrected chi connectivity index (χ1v) is 12.0. The maximum absolute atomic E-state index is 13.2. The lowest BCUT2D eigenvalue weighted by atomic mass is 9.99. The molecule has 0 spiro atoms. The van der Waals surface area contributed by atoms with E-state index in [2.05, 4.69) is 53.5 Å². The van der Waals surface area contributed by atoms with Gasteiger partial charge >= 0.3 is 0 Å². The molecule has 1 fully saturated rings. The third-order valence-electron chi connectivity index (χ3n) is 6.56. The van der Waals surface area contributed by atoms with Gasteiger partial charge in [0.05, 0.1) is 0 Å². The molecule has 1 aliphatic rings. The van der Waals surface area contributed by atoms with E-state index in [1.165, 1.54) is 73.8 Å². The molecule has 0 radical (unpaired) electrons. The quantitative estimate of drug-likeness (QED) is 0.387. The minimum atomic E-state index is -0.223. The Bertz CT molecular complexity index is 980. The van der Waals surface area contributed by atoms with Gasteiger partial charge in [0.2, 0.25) is 0 Å². The number of piperidine rings is 1. The van der Waals surface area contributed by atoms with Crippen molar-refractivity contribution in [2.75, 3.05) is 26.2 Å². The molecule has 0 unspecified atom stereocenters. The van der Waals surface area contributed by atoms with E-state index in [1.54, 1.807) is 12.1 Å². The maximum Gasteiger partial charge on any atom is 0.124 e. The van der Waals surface area contributed by atoms with Gasteiger partial charge in [-0.1, -0.05) is 49.4 Å². The van der Waals surface area contributed by atoms with Crippen LogP contribution in [0.2, 0.25) is 0 Å². The molecule has 1 N–H and O–H groups in total. The summed E-state index contributed by atoms with van der Waals surface area (Å²) in [5.74, 6) is 1.57. The molecule has 0 aromatic heterocycles. The largest absolute Gasteiger partial charge is 0.489 e. The summed E-state index contributed by atoms with van der Waals surface area (Å²) in [7, 11) is 0. The topological polar surface area (TPSA) is 24.5 Å². The minimum Gasteiger partial charge on any atom is -0.489 e. The highest BCUT2D eigenvalue weighted by Crippen LogP contribution is 2.29. The van der Waals surface area contributed by atoms with Gasteiger partial charge in [0.25, 0.3) is 0 Å². The summed E-state index contributed by atoms with van der Waals surface area (Å²) in [4.78, 5) is 2.62. The van der Waals surface area contributed by atoms with Crippen LogP contribution in [-0.2, 0) is 13.2 Å². The third-order valence-corrected chi connectivity index (χ3v) is 6.56. The summed E-state index contributed by atoms with van der Waals surface area (Å²) in [6.45, 7) is 8.33. The first-order valence-electron chi connectivity index (χ1n) is 12.0. The predicted molar refractivity (Wildman–Crippen MR) is 130 cm³/mol. The molecular formula is C28H35FN2O. The number of benzene rings is 3. The van der Waals surface area contributed by atoms with Gasteiger partial charge in [0, 0.05) is 12.1 Å². The highest BCUT2D eigenvalue weighted by molar-refractivity contribution is 5.87. The molecule has 3 aromatic carbocycles. The van der Waals surface area contributed by atoms with E-state index >= 15 is 0 Å². The molecule has 4 heteroatoms. The summed E-state index contributed by atoms with van der Waals surface area (Å²) >= 11 is 0. The summed E-state index contributed by atoms with van der Waals surface area (Å²) in [5.41, 5.74) is 2.15. The Morgan fingerprint density at radius 1 is 0.969 bits per heavy atom. The SMILES string of the molecule is CC1CCN(CCCCNCc2c(OCc3ccc(F)cc3)ccc3ccccc23)CC1. The highest BCUT2D eigenvalue weighted by atomic mass is 19.1. The van der Waals surface area contributed by atoms with E-state index in [4.69, 9.17) is 4.74 Å². The van der Waals surface area contributed by atoms with Gasteiger partial charge in [-0.2, -0.15) is 0 Å². The van der Waals surface area contributed by atoms with E-state index in [-0.39, 0.29) is 5.82 Å². The number of fused-ring (bicyclic) bond motifs is 1. The second-order valence-corrected chi connectivity index (χ2v) is 9.09. The normalized spacial score (nSPS) is 15.3. The molecule has 0 saturated carbocycles. The zero-order valence-corrected chi connectivity index (χ0v) is 19.2. The lowest BCUT2D eigenvalue weighted by Gasteiger charge is -2.30. The molecule has 0 bridgehead atoms. The molecule has 3 nitrogen and oxygen atoms in total. The fourth-order valence-corrected chi connectivity index (χ4v) is 4.46. The van der Waals surface area contributed by atoms with Gasteiger partial charge in [-0.05, 0) is 92.3 Å². The second kappa shape index (κ2) is 11.4. The molecule has 3 aromatic rings. The average Bonchev–Trinajstić information content (AvgIpc) is 2.82. The first-order chi connectivity index (χ1) is 15.7. The molecule has 170 valence electrons. The van der Waals surface area contributed by atoms with Crippen molar-refractivity contribution >= 4 is 10.8 Å². The van der Waals surface area contributed by atoms with E-state index < -0.39 is 0 Å².